The maximum absolute atomic E-state index is 6.28. The second kappa shape index (κ2) is 5.11. The van der Waals surface area contributed by atoms with E-state index in [9.17, 15) is 0 Å². The van der Waals surface area contributed by atoms with E-state index in [-0.39, 0.29) is 0 Å². The van der Waals surface area contributed by atoms with E-state index in [4.69, 9.17) is 23.2 Å². The van der Waals surface area contributed by atoms with Crippen LogP contribution in [-0.4, -0.2) is 15.0 Å². The fourth-order valence-corrected chi connectivity index (χ4v) is 3.65. The Morgan fingerprint density at radius 3 is 2.33 bits per heavy atom. The summed E-state index contributed by atoms with van der Waals surface area (Å²) in [6, 6.07) is 0. The zero-order chi connectivity index (χ0) is 12.5. The standard InChI is InChI=1S/C12H11Cl2N3S/c13-10-9(7-3-1-2-4-7)11(14)17-12(16-10)8-5-15-6-18-8/h5-7H,1-4H2. The molecule has 18 heavy (non-hydrogen) atoms. The van der Waals surface area contributed by atoms with Gasteiger partial charge in [0.05, 0.1) is 10.4 Å². The molecule has 1 fully saturated rings. The Hall–Kier alpha value is -0.710. The first-order valence-electron chi connectivity index (χ1n) is 5.87. The number of halogens is 2. The van der Waals surface area contributed by atoms with Crippen molar-refractivity contribution in [2.24, 2.45) is 0 Å². The first-order chi connectivity index (χ1) is 8.75. The van der Waals surface area contributed by atoms with Crippen molar-refractivity contribution >= 4 is 34.5 Å². The molecule has 0 amide bonds. The van der Waals surface area contributed by atoms with Crippen LogP contribution in [0.15, 0.2) is 11.7 Å². The summed E-state index contributed by atoms with van der Waals surface area (Å²) >= 11 is 14.0. The molecule has 2 aromatic heterocycles. The maximum atomic E-state index is 6.28. The molecule has 0 bridgehead atoms. The van der Waals surface area contributed by atoms with E-state index >= 15 is 0 Å². The van der Waals surface area contributed by atoms with Gasteiger partial charge in [-0.1, -0.05) is 36.0 Å². The van der Waals surface area contributed by atoms with Crippen molar-refractivity contribution in [3.05, 3.63) is 27.6 Å². The van der Waals surface area contributed by atoms with Crippen LogP contribution >= 0.6 is 34.5 Å². The molecule has 2 heterocycles. The Kier molecular flexibility index (Phi) is 3.50. The van der Waals surface area contributed by atoms with Crippen molar-refractivity contribution in [2.75, 3.05) is 0 Å². The van der Waals surface area contributed by atoms with Crippen LogP contribution in [0.1, 0.15) is 37.2 Å². The lowest BCUT2D eigenvalue weighted by molar-refractivity contribution is 0.715. The number of hydrogen-bond acceptors (Lipinski definition) is 4. The van der Waals surface area contributed by atoms with Gasteiger partial charge in [0.15, 0.2) is 5.82 Å². The summed E-state index contributed by atoms with van der Waals surface area (Å²) in [5, 5.41) is 0.982. The van der Waals surface area contributed by atoms with E-state index in [1.165, 1.54) is 24.2 Å². The van der Waals surface area contributed by atoms with E-state index in [1.54, 1.807) is 11.7 Å². The van der Waals surface area contributed by atoms with E-state index < -0.39 is 0 Å². The van der Waals surface area contributed by atoms with E-state index in [0.717, 1.165) is 23.3 Å². The third kappa shape index (κ3) is 2.25. The highest BCUT2D eigenvalue weighted by atomic mass is 35.5. The van der Waals surface area contributed by atoms with Gasteiger partial charge < -0.3 is 0 Å². The molecule has 0 aliphatic heterocycles. The summed E-state index contributed by atoms with van der Waals surface area (Å²) in [7, 11) is 0. The van der Waals surface area contributed by atoms with Crippen LogP contribution in [0, 0.1) is 0 Å². The van der Waals surface area contributed by atoms with Gasteiger partial charge in [0.2, 0.25) is 0 Å². The van der Waals surface area contributed by atoms with Gasteiger partial charge in [0.1, 0.15) is 10.3 Å². The Morgan fingerprint density at radius 2 is 1.78 bits per heavy atom. The van der Waals surface area contributed by atoms with Crippen LogP contribution in [0.25, 0.3) is 10.7 Å². The SMILES string of the molecule is Clc1nc(-c2cncs2)nc(Cl)c1C1CCCC1. The van der Waals surface area contributed by atoms with E-state index in [0.29, 0.717) is 22.0 Å². The molecule has 0 spiro atoms. The maximum Gasteiger partial charge on any atom is 0.174 e. The molecule has 0 unspecified atom stereocenters. The highest BCUT2D eigenvalue weighted by Crippen LogP contribution is 2.40. The molecule has 0 aromatic carbocycles. The topological polar surface area (TPSA) is 38.7 Å². The number of thiazole rings is 1. The number of nitrogens with zero attached hydrogens (tertiary/aromatic N) is 3. The second-order valence-corrected chi connectivity index (χ2v) is 5.99. The average Bonchev–Trinajstić information content (AvgIpc) is 3.01. The molecule has 3 nitrogen and oxygen atoms in total. The van der Waals surface area contributed by atoms with Crippen molar-refractivity contribution in [3.63, 3.8) is 0 Å². The Morgan fingerprint density at radius 1 is 1.11 bits per heavy atom. The average molecular weight is 300 g/mol. The molecule has 1 aliphatic carbocycles. The van der Waals surface area contributed by atoms with Crippen LogP contribution in [-0.2, 0) is 0 Å². The summed E-state index contributed by atoms with van der Waals surface area (Å²) < 4.78 is 0. The highest BCUT2D eigenvalue weighted by Gasteiger charge is 2.24. The minimum atomic E-state index is 0.417. The minimum absolute atomic E-state index is 0.417. The lowest BCUT2D eigenvalue weighted by Gasteiger charge is -2.13. The zero-order valence-electron chi connectivity index (χ0n) is 9.57. The van der Waals surface area contributed by atoms with Gasteiger partial charge >= 0.3 is 0 Å². The van der Waals surface area contributed by atoms with Crippen LogP contribution in [0.4, 0.5) is 0 Å². The number of aromatic nitrogens is 3. The lowest BCUT2D eigenvalue weighted by Crippen LogP contribution is -2.01. The van der Waals surface area contributed by atoms with E-state index in [2.05, 4.69) is 15.0 Å². The molecule has 3 rings (SSSR count). The highest BCUT2D eigenvalue weighted by molar-refractivity contribution is 7.13. The third-order valence-corrected chi connectivity index (χ3v) is 4.61. The Bertz CT molecular complexity index is 527. The molecule has 1 saturated carbocycles. The smallest absolute Gasteiger partial charge is 0.174 e. The van der Waals surface area contributed by atoms with Gasteiger partial charge in [-0.3, -0.25) is 4.98 Å². The predicted octanol–water partition coefficient (Wildman–Crippen LogP) is 4.56. The van der Waals surface area contributed by atoms with Gasteiger partial charge in [-0.2, -0.15) is 0 Å². The summed E-state index contributed by atoms with van der Waals surface area (Å²) in [5.41, 5.74) is 2.66. The van der Waals surface area contributed by atoms with Crippen molar-refractivity contribution in [2.45, 2.75) is 31.6 Å². The van der Waals surface area contributed by atoms with Crippen molar-refractivity contribution < 1.29 is 0 Å². The summed E-state index contributed by atoms with van der Waals surface area (Å²) in [5.74, 6) is 0.981. The van der Waals surface area contributed by atoms with Gasteiger partial charge in [0.25, 0.3) is 0 Å². The summed E-state index contributed by atoms with van der Waals surface area (Å²) in [4.78, 5) is 13.6. The van der Waals surface area contributed by atoms with Crippen molar-refractivity contribution in [1.29, 1.82) is 0 Å². The molecule has 6 heteroatoms. The molecule has 2 aromatic rings. The monoisotopic (exact) mass is 299 g/mol. The molecular formula is C12H11Cl2N3S. The number of hydrogen-bond donors (Lipinski definition) is 0. The lowest BCUT2D eigenvalue weighted by atomic mass is 10.0. The largest absolute Gasteiger partial charge is 0.252 e. The molecule has 0 atom stereocenters. The van der Waals surface area contributed by atoms with Gasteiger partial charge in [-0.15, -0.1) is 11.3 Å². The predicted molar refractivity (Wildman–Crippen MR) is 74.4 cm³/mol. The van der Waals surface area contributed by atoms with Crippen molar-refractivity contribution in [3.8, 4) is 10.7 Å². The first kappa shape index (κ1) is 12.3. The fourth-order valence-electron chi connectivity index (χ4n) is 2.40. The second-order valence-electron chi connectivity index (χ2n) is 4.39. The van der Waals surface area contributed by atoms with Gasteiger partial charge in [-0.25, -0.2) is 9.97 Å². The molecule has 0 N–H and O–H groups in total. The van der Waals surface area contributed by atoms with Crippen LogP contribution < -0.4 is 0 Å². The Labute approximate surface area is 119 Å². The van der Waals surface area contributed by atoms with E-state index in [1.807, 2.05) is 0 Å². The Balaban J connectivity index is 2.03. The summed E-state index contributed by atoms with van der Waals surface area (Å²) in [6.07, 6.45) is 6.44. The van der Waals surface area contributed by atoms with Crippen LogP contribution in [0.2, 0.25) is 10.3 Å². The summed E-state index contributed by atoms with van der Waals surface area (Å²) in [6.45, 7) is 0. The molecule has 0 saturated heterocycles. The van der Waals surface area contributed by atoms with Gasteiger partial charge in [-0.05, 0) is 18.8 Å². The third-order valence-electron chi connectivity index (χ3n) is 3.27. The minimum Gasteiger partial charge on any atom is -0.252 e. The van der Waals surface area contributed by atoms with Gasteiger partial charge in [0, 0.05) is 11.8 Å². The first-order valence-corrected chi connectivity index (χ1v) is 7.51. The quantitative estimate of drug-likeness (QED) is 0.763. The normalized spacial score (nSPS) is 16.3. The van der Waals surface area contributed by atoms with Crippen LogP contribution in [0.5, 0.6) is 0 Å². The molecule has 1 aliphatic rings. The number of rotatable bonds is 2. The fraction of sp³-hybridized carbons (Fsp3) is 0.417. The van der Waals surface area contributed by atoms with Crippen LogP contribution in [0.3, 0.4) is 0 Å². The van der Waals surface area contributed by atoms with Crippen molar-refractivity contribution in [1.82, 2.24) is 15.0 Å². The molecular weight excluding hydrogens is 289 g/mol. The molecule has 94 valence electrons. The molecule has 0 radical (unpaired) electrons. The zero-order valence-corrected chi connectivity index (χ0v) is 11.9.